The summed E-state index contributed by atoms with van der Waals surface area (Å²) in [5, 5.41) is 3.75. The van der Waals surface area contributed by atoms with Crippen LogP contribution in [-0.2, 0) is 4.74 Å². The lowest BCUT2D eigenvalue weighted by atomic mass is 9.86. The van der Waals surface area contributed by atoms with E-state index < -0.39 is 0 Å². The van der Waals surface area contributed by atoms with Crippen molar-refractivity contribution >= 4 is 0 Å². The van der Waals surface area contributed by atoms with E-state index in [-0.39, 0.29) is 0 Å². The maximum absolute atomic E-state index is 5.39. The molecule has 1 aliphatic heterocycles. The van der Waals surface area contributed by atoms with Crippen molar-refractivity contribution in [2.75, 3.05) is 33.3 Å². The fourth-order valence-corrected chi connectivity index (χ4v) is 3.22. The molecule has 2 rings (SSSR count). The van der Waals surface area contributed by atoms with E-state index in [9.17, 15) is 0 Å². The largest absolute Gasteiger partial charge is 0.380 e. The molecule has 100 valence electrons. The highest BCUT2D eigenvalue weighted by atomic mass is 16.5. The van der Waals surface area contributed by atoms with Gasteiger partial charge in [0.2, 0.25) is 0 Å². The number of rotatable bonds is 5. The second-order valence-corrected chi connectivity index (χ2v) is 5.77. The van der Waals surface area contributed by atoms with E-state index in [0.717, 1.165) is 25.0 Å². The van der Waals surface area contributed by atoms with Crippen molar-refractivity contribution in [2.45, 2.75) is 51.2 Å². The van der Waals surface area contributed by atoms with Crippen LogP contribution in [-0.4, -0.2) is 50.3 Å². The lowest BCUT2D eigenvalue weighted by Crippen LogP contribution is -2.41. The van der Waals surface area contributed by atoms with Crippen LogP contribution in [0.1, 0.15) is 39.0 Å². The molecule has 1 saturated heterocycles. The molecular weight excluding hydrogens is 212 g/mol. The lowest BCUT2D eigenvalue weighted by Gasteiger charge is -2.30. The Labute approximate surface area is 106 Å². The summed E-state index contributed by atoms with van der Waals surface area (Å²) in [6.07, 6.45) is 7.31. The fraction of sp³-hybridized carbons (Fsp3) is 1.00. The average Bonchev–Trinajstić information content (AvgIpc) is 2.80. The van der Waals surface area contributed by atoms with Gasteiger partial charge in [0.25, 0.3) is 0 Å². The van der Waals surface area contributed by atoms with Gasteiger partial charge in [0.15, 0.2) is 0 Å². The number of ether oxygens (including phenoxy) is 1. The molecule has 1 heterocycles. The van der Waals surface area contributed by atoms with Gasteiger partial charge in [0.1, 0.15) is 0 Å². The average molecular weight is 240 g/mol. The topological polar surface area (TPSA) is 24.5 Å². The first kappa shape index (κ1) is 13.3. The van der Waals surface area contributed by atoms with Crippen LogP contribution in [0.3, 0.4) is 0 Å². The minimum atomic E-state index is 0.476. The summed E-state index contributed by atoms with van der Waals surface area (Å²) in [6, 6.07) is 0.768. The van der Waals surface area contributed by atoms with Crippen LogP contribution >= 0.6 is 0 Å². The van der Waals surface area contributed by atoms with Gasteiger partial charge < -0.3 is 10.1 Å². The number of hydrogen-bond acceptors (Lipinski definition) is 3. The predicted octanol–water partition coefficient (Wildman–Crippen LogP) is 1.88. The van der Waals surface area contributed by atoms with E-state index in [1.54, 1.807) is 0 Å². The Balaban J connectivity index is 1.59. The Bertz CT molecular complexity index is 222. The highest BCUT2D eigenvalue weighted by Crippen LogP contribution is 2.23. The van der Waals surface area contributed by atoms with Gasteiger partial charge >= 0.3 is 0 Å². The Morgan fingerprint density at radius 1 is 1.24 bits per heavy atom. The number of nitrogens with zero attached hydrogens (tertiary/aromatic N) is 1. The number of likely N-dealkylation sites (tertiary alicyclic amines) is 1. The van der Waals surface area contributed by atoms with Gasteiger partial charge in [-0.25, -0.2) is 0 Å². The van der Waals surface area contributed by atoms with Crippen LogP contribution in [0, 0.1) is 5.92 Å². The molecule has 3 atom stereocenters. The fourth-order valence-electron chi connectivity index (χ4n) is 3.22. The molecule has 1 aliphatic carbocycles. The molecule has 0 spiro atoms. The summed E-state index contributed by atoms with van der Waals surface area (Å²) in [4.78, 5) is 2.52. The van der Waals surface area contributed by atoms with E-state index >= 15 is 0 Å². The van der Waals surface area contributed by atoms with E-state index in [0.29, 0.717) is 6.10 Å². The van der Waals surface area contributed by atoms with Crippen LogP contribution < -0.4 is 5.32 Å². The zero-order valence-corrected chi connectivity index (χ0v) is 11.5. The van der Waals surface area contributed by atoms with E-state index in [1.165, 1.54) is 45.2 Å². The number of methoxy groups -OCH3 is 1. The van der Waals surface area contributed by atoms with Crippen LogP contribution in [0.25, 0.3) is 0 Å². The van der Waals surface area contributed by atoms with Crippen LogP contribution in [0.2, 0.25) is 0 Å². The second-order valence-electron chi connectivity index (χ2n) is 5.77. The normalized spacial score (nSPS) is 35.3. The maximum atomic E-state index is 5.39. The zero-order valence-electron chi connectivity index (χ0n) is 11.5. The molecule has 0 aromatic heterocycles. The number of hydrogen-bond donors (Lipinski definition) is 1. The van der Waals surface area contributed by atoms with Crippen LogP contribution in [0.5, 0.6) is 0 Å². The highest BCUT2D eigenvalue weighted by molar-refractivity contribution is 4.80. The summed E-state index contributed by atoms with van der Waals surface area (Å²) in [7, 11) is 1.83. The molecule has 17 heavy (non-hydrogen) atoms. The lowest BCUT2D eigenvalue weighted by molar-refractivity contribution is 0.108. The zero-order chi connectivity index (χ0) is 12.1. The van der Waals surface area contributed by atoms with E-state index in [1.807, 2.05) is 7.11 Å². The monoisotopic (exact) mass is 240 g/mol. The van der Waals surface area contributed by atoms with Gasteiger partial charge in [-0.1, -0.05) is 19.8 Å². The van der Waals surface area contributed by atoms with Crippen molar-refractivity contribution in [1.82, 2.24) is 10.2 Å². The van der Waals surface area contributed by atoms with Crippen LogP contribution in [0.4, 0.5) is 0 Å². The standard InChI is InChI=1S/C14H28N2O/c1-12-5-3-4-6-14(12)15-8-10-16-9-7-13(11-16)17-2/h12-15H,3-11H2,1-2H3. The first-order valence-corrected chi connectivity index (χ1v) is 7.28. The van der Waals surface area contributed by atoms with E-state index in [4.69, 9.17) is 4.74 Å². The van der Waals surface area contributed by atoms with Gasteiger partial charge in [0.05, 0.1) is 6.10 Å². The first-order chi connectivity index (χ1) is 8.29. The SMILES string of the molecule is COC1CCN(CCNC2CCCCC2C)C1. The molecule has 0 aromatic rings. The van der Waals surface area contributed by atoms with Gasteiger partial charge in [-0.15, -0.1) is 0 Å². The third-order valence-electron chi connectivity index (χ3n) is 4.51. The summed E-state index contributed by atoms with van der Waals surface area (Å²) in [5.41, 5.74) is 0. The molecule has 0 amide bonds. The molecule has 2 fully saturated rings. The molecular formula is C14H28N2O. The van der Waals surface area contributed by atoms with Gasteiger partial charge in [-0.05, 0) is 25.2 Å². The summed E-state index contributed by atoms with van der Waals surface area (Å²) in [5.74, 6) is 0.869. The first-order valence-electron chi connectivity index (χ1n) is 7.28. The molecule has 3 nitrogen and oxygen atoms in total. The highest BCUT2D eigenvalue weighted by Gasteiger charge is 2.23. The maximum Gasteiger partial charge on any atom is 0.0710 e. The van der Waals surface area contributed by atoms with Crippen molar-refractivity contribution in [3.8, 4) is 0 Å². The minimum absolute atomic E-state index is 0.476. The second kappa shape index (κ2) is 6.72. The third-order valence-corrected chi connectivity index (χ3v) is 4.51. The quantitative estimate of drug-likeness (QED) is 0.794. The van der Waals surface area contributed by atoms with Crippen molar-refractivity contribution < 1.29 is 4.74 Å². The Morgan fingerprint density at radius 2 is 2.06 bits per heavy atom. The van der Waals surface area contributed by atoms with Gasteiger partial charge in [0, 0.05) is 39.3 Å². The molecule has 0 aromatic carbocycles. The van der Waals surface area contributed by atoms with Crippen molar-refractivity contribution in [2.24, 2.45) is 5.92 Å². The van der Waals surface area contributed by atoms with Crippen molar-refractivity contribution in [3.05, 3.63) is 0 Å². The predicted molar refractivity (Wildman–Crippen MR) is 71.3 cm³/mol. The van der Waals surface area contributed by atoms with Crippen LogP contribution in [0.15, 0.2) is 0 Å². The van der Waals surface area contributed by atoms with E-state index in [2.05, 4.69) is 17.1 Å². The summed E-state index contributed by atoms with van der Waals surface area (Å²) < 4.78 is 5.39. The summed E-state index contributed by atoms with van der Waals surface area (Å²) in [6.45, 7) is 7.06. The van der Waals surface area contributed by atoms with Crippen molar-refractivity contribution in [1.29, 1.82) is 0 Å². The Morgan fingerprint density at radius 3 is 2.76 bits per heavy atom. The van der Waals surface area contributed by atoms with Crippen molar-refractivity contribution in [3.63, 3.8) is 0 Å². The summed E-state index contributed by atoms with van der Waals surface area (Å²) >= 11 is 0. The van der Waals surface area contributed by atoms with Gasteiger partial charge in [-0.2, -0.15) is 0 Å². The molecule has 3 unspecified atom stereocenters. The molecule has 1 saturated carbocycles. The molecule has 2 aliphatic rings. The molecule has 1 N–H and O–H groups in total. The molecule has 3 heteroatoms. The molecule has 0 radical (unpaired) electrons. The van der Waals surface area contributed by atoms with Gasteiger partial charge in [-0.3, -0.25) is 4.90 Å². The number of nitrogens with one attached hydrogen (secondary N) is 1. The Hall–Kier alpha value is -0.120. The Kier molecular flexibility index (Phi) is 5.26. The minimum Gasteiger partial charge on any atom is -0.380 e. The third kappa shape index (κ3) is 3.94. The molecule has 0 bridgehead atoms. The smallest absolute Gasteiger partial charge is 0.0710 e.